The van der Waals surface area contributed by atoms with Gasteiger partial charge in [0.25, 0.3) is 5.76 Å². The summed E-state index contributed by atoms with van der Waals surface area (Å²) in [7, 11) is 0. The maximum Gasteiger partial charge on any atom is 0.284 e. The maximum absolute atomic E-state index is 13.1. The molecule has 0 aromatic rings. The Labute approximate surface area is 193 Å². The lowest BCUT2D eigenvalue weighted by Crippen LogP contribution is -2.60. The van der Waals surface area contributed by atoms with Crippen molar-refractivity contribution in [3.05, 3.63) is 23.3 Å². The Morgan fingerprint density at radius 3 is 2.62 bits per heavy atom. The first-order chi connectivity index (χ1) is 15.5. The first kappa shape index (κ1) is 22.0. The van der Waals surface area contributed by atoms with E-state index in [0.717, 1.165) is 43.9 Å². The Kier molecular flexibility index (Phi) is 5.54. The number of hydrogen-bond donors (Lipinski definition) is 0. The van der Waals surface area contributed by atoms with Gasteiger partial charge in [0.1, 0.15) is 6.10 Å². The fourth-order valence-corrected chi connectivity index (χ4v) is 8.68. The standard InChI is InChI=1S/C25H34F2O4S/c1-23-7-6-19-17-3-2-16-14-25(30-11-9-28-20(23)5-4-18(17)23)21(29-10-12-31-25)15-24(16,19)8-13-32-22(26)27/h2,6,17-18,20-22H,3-5,7-15H2,1H3/t17-,18+,20?,21?,23-,24-,25?/m0/s1. The second kappa shape index (κ2) is 8.04. The minimum atomic E-state index is -2.33. The molecule has 0 aromatic heterocycles. The number of alkyl halides is 2. The average Bonchev–Trinajstić information content (AvgIpc) is 3.11. The smallest absolute Gasteiger partial charge is 0.284 e. The van der Waals surface area contributed by atoms with Gasteiger partial charge in [-0.05, 0) is 56.1 Å². The van der Waals surface area contributed by atoms with Crippen LogP contribution in [0.15, 0.2) is 23.3 Å². The molecule has 0 amide bonds. The molecule has 0 radical (unpaired) electrons. The van der Waals surface area contributed by atoms with Crippen LogP contribution in [0.3, 0.4) is 0 Å². The Morgan fingerprint density at radius 1 is 1.06 bits per heavy atom. The lowest BCUT2D eigenvalue weighted by Gasteiger charge is -2.58. The van der Waals surface area contributed by atoms with Gasteiger partial charge in [0, 0.05) is 17.3 Å². The molecule has 3 unspecified atom stereocenters. The van der Waals surface area contributed by atoms with Crippen molar-refractivity contribution in [3.63, 3.8) is 0 Å². The number of halogens is 2. The number of ether oxygens (including phenoxy) is 4. The van der Waals surface area contributed by atoms with E-state index < -0.39 is 11.5 Å². The molecule has 4 aliphatic heterocycles. The van der Waals surface area contributed by atoms with Gasteiger partial charge in [-0.1, -0.05) is 42.0 Å². The minimum Gasteiger partial charge on any atom is -0.375 e. The third kappa shape index (κ3) is 3.21. The third-order valence-corrected chi connectivity index (χ3v) is 10.2. The van der Waals surface area contributed by atoms with Crippen LogP contribution >= 0.6 is 11.8 Å². The van der Waals surface area contributed by atoms with E-state index in [1.807, 2.05) is 0 Å². The van der Waals surface area contributed by atoms with Gasteiger partial charge in [0.15, 0.2) is 5.79 Å². The molecule has 8 bridgehead atoms. The number of rotatable bonds is 4. The SMILES string of the molecule is C[C@@]12CC=C3[C@H]4CC=C5CC6(OCCOC6C[C@@]53CCSC(F)F)OCCOC1CC[C@H]42. The van der Waals surface area contributed by atoms with Crippen molar-refractivity contribution >= 4 is 11.8 Å². The summed E-state index contributed by atoms with van der Waals surface area (Å²) in [5.41, 5.74) is 2.75. The predicted molar refractivity (Wildman–Crippen MR) is 119 cm³/mol. The van der Waals surface area contributed by atoms with E-state index in [1.165, 1.54) is 17.6 Å². The van der Waals surface area contributed by atoms with Gasteiger partial charge in [0.2, 0.25) is 0 Å². The summed E-state index contributed by atoms with van der Waals surface area (Å²) >= 11 is 0.772. The van der Waals surface area contributed by atoms with E-state index in [4.69, 9.17) is 18.9 Å². The Morgan fingerprint density at radius 2 is 1.84 bits per heavy atom. The molecule has 3 fully saturated rings. The Hall–Kier alpha value is -0.470. The van der Waals surface area contributed by atoms with E-state index in [-0.39, 0.29) is 23.0 Å². The maximum atomic E-state index is 13.1. The van der Waals surface area contributed by atoms with E-state index in [0.29, 0.717) is 50.4 Å². The summed E-state index contributed by atoms with van der Waals surface area (Å²) < 4.78 is 51.7. The molecule has 7 heteroatoms. The van der Waals surface area contributed by atoms with Crippen molar-refractivity contribution in [3.8, 4) is 0 Å². The number of fused-ring (bicyclic) bond motifs is 1. The molecule has 1 spiro atoms. The summed E-state index contributed by atoms with van der Waals surface area (Å²) in [6.07, 6.45) is 11.4. The molecule has 0 aromatic carbocycles. The van der Waals surface area contributed by atoms with E-state index in [9.17, 15) is 8.78 Å². The molecule has 2 saturated carbocycles. The van der Waals surface area contributed by atoms with Crippen molar-refractivity contribution in [2.75, 3.05) is 32.2 Å². The average molecular weight is 469 g/mol. The number of allylic oxidation sites excluding steroid dienone is 3. The van der Waals surface area contributed by atoms with Crippen molar-refractivity contribution in [2.24, 2.45) is 22.7 Å². The summed E-state index contributed by atoms with van der Waals surface area (Å²) in [4.78, 5) is 0. The molecular weight excluding hydrogens is 434 g/mol. The highest BCUT2D eigenvalue weighted by Gasteiger charge is 2.62. The first-order valence-electron chi connectivity index (χ1n) is 12.3. The van der Waals surface area contributed by atoms with Gasteiger partial charge >= 0.3 is 0 Å². The van der Waals surface area contributed by atoms with Crippen LogP contribution in [-0.4, -0.2) is 55.9 Å². The molecule has 32 heavy (non-hydrogen) atoms. The van der Waals surface area contributed by atoms with Crippen LogP contribution < -0.4 is 0 Å². The largest absolute Gasteiger partial charge is 0.375 e. The summed E-state index contributed by atoms with van der Waals surface area (Å²) in [5, 5.41) is 0. The second-order valence-corrected chi connectivity index (χ2v) is 11.8. The zero-order chi connectivity index (χ0) is 22.0. The van der Waals surface area contributed by atoms with Gasteiger partial charge in [-0.3, -0.25) is 0 Å². The number of hydrogen-bond acceptors (Lipinski definition) is 5. The lowest BCUT2D eigenvalue weighted by molar-refractivity contribution is -0.338. The molecule has 178 valence electrons. The molecule has 7 atom stereocenters. The zero-order valence-electron chi connectivity index (χ0n) is 18.8. The van der Waals surface area contributed by atoms with Gasteiger partial charge in [-0.2, -0.15) is 8.78 Å². The first-order valence-corrected chi connectivity index (χ1v) is 13.3. The predicted octanol–water partition coefficient (Wildman–Crippen LogP) is 5.33. The highest BCUT2D eigenvalue weighted by atomic mass is 32.2. The van der Waals surface area contributed by atoms with Crippen molar-refractivity contribution in [2.45, 2.75) is 75.6 Å². The molecule has 8 rings (SSSR count). The lowest BCUT2D eigenvalue weighted by atomic mass is 9.50. The zero-order valence-corrected chi connectivity index (χ0v) is 19.6. The van der Waals surface area contributed by atoms with Crippen LogP contribution in [0.5, 0.6) is 0 Å². The van der Waals surface area contributed by atoms with Crippen LogP contribution in [-0.2, 0) is 18.9 Å². The third-order valence-electron chi connectivity index (χ3n) is 9.49. The second-order valence-electron chi connectivity index (χ2n) is 10.7. The topological polar surface area (TPSA) is 36.9 Å². The molecule has 1 saturated heterocycles. The monoisotopic (exact) mass is 468 g/mol. The van der Waals surface area contributed by atoms with Crippen molar-refractivity contribution in [1.29, 1.82) is 0 Å². The minimum absolute atomic E-state index is 0.141. The van der Waals surface area contributed by atoms with Crippen LogP contribution in [0.2, 0.25) is 0 Å². The van der Waals surface area contributed by atoms with E-state index in [2.05, 4.69) is 19.1 Å². The fraction of sp³-hybridized carbons (Fsp3) is 0.840. The van der Waals surface area contributed by atoms with E-state index in [1.54, 1.807) is 0 Å². The van der Waals surface area contributed by atoms with Crippen LogP contribution in [0.1, 0.15) is 51.9 Å². The molecule has 0 N–H and O–H groups in total. The van der Waals surface area contributed by atoms with Gasteiger partial charge in [0.05, 0.1) is 32.5 Å². The molecule has 4 heterocycles. The van der Waals surface area contributed by atoms with Crippen LogP contribution in [0, 0.1) is 22.7 Å². The van der Waals surface area contributed by atoms with Gasteiger partial charge in [-0.25, -0.2) is 0 Å². The molecular formula is C25H34F2O4S. The van der Waals surface area contributed by atoms with Gasteiger partial charge in [-0.15, -0.1) is 0 Å². The van der Waals surface area contributed by atoms with E-state index >= 15 is 0 Å². The molecule has 4 nitrogen and oxygen atoms in total. The Bertz CT molecular complexity index is 818. The normalized spacial score (nSPS) is 47.5. The number of thioether (sulfide) groups is 1. The van der Waals surface area contributed by atoms with Crippen LogP contribution in [0.25, 0.3) is 0 Å². The fourth-order valence-electron chi connectivity index (χ4n) is 8.03. The summed E-state index contributed by atoms with van der Waals surface area (Å²) in [6, 6.07) is 0. The van der Waals surface area contributed by atoms with Crippen molar-refractivity contribution < 1.29 is 27.7 Å². The quantitative estimate of drug-likeness (QED) is 0.521. The molecule has 8 aliphatic rings. The highest BCUT2D eigenvalue weighted by molar-refractivity contribution is 7.99. The molecule has 4 aliphatic carbocycles. The summed E-state index contributed by atoms with van der Waals surface area (Å²) in [5.74, 6) is -1.60. The highest BCUT2D eigenvalue weighted by Crippen LogP contribution is 2.66. The van der Waals surface area contributed by atoms with Crippen LogP contribution in [0.4, 0.5) is 8.78 Å². The van der Waals surface area contributed by atoms with Crippen molar-refractivity contribution in [1.82, 2.24) is 0 Å². The summed E-state index contributed by atoms with van der Waals surface area (Å²) in [6.45, 7) is 4.54. The van der Waals surface area contributed by atoms with Gasteiger partial charge < -0.3 is 18.9 Å². The Balaban J connectivity index is 1.46.